The molecule has 0 aliphatic carbocycles. The predicted octanol–water partition coefficient (Wildman–Crippen LogP) is 6.89. The van der Waals surface area contributed by atoms with Crippen molar-refractivity contribution in [3.63, 3.8) is 0 Å². The molecule has 6 heteroatoms. The minimum Gasteiger partial charge on any atom is -0.497 e. The third kappa shape index (κ3) is 7.40. The summed E-state index contributed by atoms with van der Waals surface area (Å²) in [6, 6.07) is 23.9. The third-order valence-electron chi connectivity index (χ3n) is 5.56. The van der Waals surface area contributed by atoms with Crippen molar-refractivity contribution in [1.29, 1.82) is 0 Å². The van der Waals surface area contributed by atoms with Crippen molar-refractivity contribution in [3.05, 3.63) is 94.2 Å². The summed E-state index contributed by atoms with van der Waals surface area (Å²) in [7, 11) is 1.66. The highest BCUT2D eigenvalue weighted by molar-refractivity contribution is 9.10. The average molecular weight is 525 g/mol. The van der Waals surface area contributed by atoms with Crippen LogP contribution in [0.4, 0.5) is 0 Å². The Morgan fingerprint density at radius 1 is 1.00 bits per heavy atom. The molecular weight excluding hydrogens is 492 g/mol. The summed E-state index contributed by atoms with van der Waals surface area (Å²) >= 11 is 3.50. The van der Waals surface area contributed by atoms with Gasteiger partial charge in [-0.2, -0.15) is 0 Å². The van der Waals surface area contributed by atoms with E-state index in [0.29, 0.717) is 6.54 Å². The molecule has 0 saturated carbocycles. The van der Waals surface area contributed by atoms with Crippen LogP contribution in [0.5, 0.6) is 5.75 Å². The molecule has 3 aromatic rings. The van der Waals surface area contributed by atoms with Crippen molar-refractivity contribution in [3.8, 4) is 5.75 Å². The van der Waals surface area contributed by atoms with Gasteiger partial charge in [0.2, 0.25) is 0 Å². The van der Waals surface area contributed by atoms with E-state index < -0.39 is 5.60 Å². The van der Waals surface area contributed by atoms with Gasteiger partial charge in [0.25, 0.3) is 0 Å². The minimum absolute atomic E-state index is 0.000620. The lowest BCUT2D eigenvalue weighted by molar-refractivity contribution is -0.156. The van der Waals surface area contributed by atoms with Gasteiger partial charge in [-0.1, -0.05) is 48.5 Å². The molecule has 5 nitrogen and oxygen atoms in total. The lowest BCUT2D eigenvalue weighted by Gasteiger charge is -2.37. The number of hydrogen-bond donors (Lipinski definition) is 0. The number of esters is 1. The molecule has 1 heterocycles. The van der Waals surface area contributed by atoms with Gasteiger partial charge >= 0.3 is 5.97 Å². The van der Waals surface area contributed by atoms with Gasteiger partial charge in [-0.25, -0.2) is 4.98 Å². The Bertz CT molecular complexity index is 1070. The van der Waals surface area contributed by atoms with Gasteiger partial charge in [0.05, 0.1) is 25.3 Å². The van der Waals surface area contributed by atoms with Crippen LogP contribution >= 0.6 is 15.9 Å². The Labute approximate surface area is 211 Å². The first-order chi connectivity index (χ1) is 16.2. The molecule has 34 heavy (non-hydrogen) atoms. The van der Waals surface area contributed by atoms with Gasteiger partial charge in [0, 0.05) is 12.6 Å². The van der Waals surface area contributed by atoms with Crippen molar-refractivity contribution < 1.29 is 14.3 Å². The summed E-state index contributed by atoms with van der Waals surface area (Å²) in [4.78, 5) is 20.1. The second-order valence-corrected chi connectivity index (χ2v) is 10.1. The molecule has 3 rings (SSSR count). The van der Waals surface area contributed by atoms with E-state index in [2.05, 4.69) is 52.0 Å². The first-order valence-electron chi connectivity index (χ1n) is 11.4. The summed E-state index contributed by atoms with van der Waals surface area (Å²) in [5, 5.41) is 0. The quantitative estimate of drug-likeness (QED) is 0.225. The Morgan fingerprint density at radius 3 is 2.26 bits per heavy atom. The zero-order valence-corrected chi connectivity index (χ0v) is 22.1. The van der Waals surface area contributed by atoms with Crippen LogP contribution in [0.2, 0.25) is 0 Å². The number of nitrogens with zero attached hydrogens (tertiary/aromatic N) is 2. The number of ether oxygens (including phenoxy) is 2. The normalized spacial score (nSPS) is 13.4. The fraction of sp³-hybridized carbons (Fsp3) is 0.357. The Morgan fingerprint density at radius 2 is 1.68 bits per heavy atom. The Hall–Kier alpha value is -2.70. The smallest absolute Gasteiger partial charge is 0.308 e. The molecule has 0 saturated heterocycles. The van der Waals surface area contributed by atoms with Gasteiger partial charge in [0.1, 0.15) is 16.0 Å². The van der Waals surface area contributed by atoms with E-state index in [1.54, 1.807) is 7.11 Å². The summed E-state index contributed by atoms with van der Waals surface area (Å²) in [5.41, 5.74) is 2.54. The molecule has 180 valence electrons. The summed E-state index contributed by atoms with van der Waals surface area (Å²) in [5.74, 6) is 0.559. The first-order valence-corrected chi connectivity index (χ1v) is 12.2. The van der Waals surface area contributed by atoms with Crippen LogP contribution in [0.3, 0.4) is 0 Å². The standard InChI is InChI=1S/C28H33BrN2O3/c1-20(22-14-16-23(33-5)17-15-22)31(19-21-10-7-6-8-11-21)25(18-27(32)34-28(2,3)4)24-12-9-13-26(29)30-24/h6-17,20,25H,18-19H2,1-5H3/t20-,25+/m1/s1. The van der Waals surface area contributed by atoms with E-state index in [4.69, 9.17) is 14.5 Å². The van der Waals surface area contributed by atoms with Gasteiger partial charge in [-0.15, -0.1) is 0 Å². The van der Waals surface area contributed by atoms with Crippen molar-refractivity contribution in [2.75, 3.05) is 7.11 Å². The SMILES string of the molecule is COc1ccc([C@@H](C)N(Cc2ccccc2)[C@@H](CC(=O)OC(C)(C)C)c2cccc(Br)n2)cc1. The molecule has 0 amide bonds. The zero-order chi connectivity index (χ0) is 24.7. The van der Waals surface area contributed by atoms with Crippen LogP contribution in [0.1, 0.15) is 63.0 Å². The molecule has 0 aliphatic heterocycles. The second-order valence-electron chi connectivity index (χ2n) is 9.30. The van der Waals surface area contributed by atoms with Crippen LogP contribution in [0.15, 0.2) is 77.4 Å². The van der Waals surface area contributed by atoms with Crippen LogP contribution in [-0.2, 0) is 16.1 Å². The van der Waals surface area contributed by atoms with Gasteiger partial charge < -0.3 is 9.47 Å². The average Bonchev–Trinajstić information content (AvgIpc) is 2.80. The molecule has 1 aromatic heterocycles. The molecule has 2 aromatic carbocycles. The fourth-order valence-electron chi connectivity index (χ4n) is 3.93. The molecule has 0 bridgehead atoms. The molecule has 0 unspecified atom stereocenters. The van der Waals surface area contributed by atoms with Gasteiger partial charge in [-0.05, 0) is 79.0 Å². The zero-order valence-electron chi connectivity index (χ0n) is 20.5. The summed E-state index contributed by atoms with van der Waals surface area (Å²) in [6.07, 6.45) is 0.189. The van der Waals surface area contributed by atoms with E-state index >= 15 is 0 Å². The summed E-state index contributed by atoms with van der Waals surface area (Å²) in [6.45, 7) is 8.47. The maximum atomic E-state index is 13.0. The van der Waals surface area contributed by atoms with E-state index in [0.717, 1.165) is 27.2 Å². The van der Waals surface area contributed by atoms with Crippen molar-refractivity contribution in [1.82, 2.24) is 9.88 Å². The van der Waals surface area contributed by atoms with Crippen molar-refractivity contribution in [2.24, 2.45) is 0 Å². The molecule has 0 radical (unpaired) electrons. The number of halogens is 1. The molecular formula is C28H33BrN2O3. The molecule has 0 fully saturated rings. The number of carbonyl (C=O) groups excluding carboxylic acids is 1. The van der Waals surface area contributed by atoms with Crippen LogP contribution in [0, 0.1) is 0 Å². The molecule has 0 N–H and O–H groups in total. The lowest BCUT2D eigenvalue weighted by Crippen LogP contribution is -2.35. The predicted molar refractivity (Wildman–Crippen MR) is 139 cm³/mol. The highest BCUT2D eigenvalue weighted by Gasteiger charge is 2.31. The third-order valence-corrected chi connectivity index (χ3v) is 6.00. The molecule has 0 spiro atoms. The van der Waals surface area contributed by atoms with E-state index in [-0.39, 0.29) is 24.5 Å². The van der Waals surface area contributed by atoms with E-state index in [9.17, 15) is 4.79 Å². The van der Waals surface area contributed by atoms with Crippen molar-refractivity contribution in [2.45, 2.75) is 58.3 Å². The van der Waals surface area contributed by atoms with Crippen LogP contribution in [0.25, 0.3) is 0 Å². The second kappa shape index (κ2) is 11.6. The first kappa shape index (κ1) is 25.9. The minimum atomic E-state index is -0.557. The lowest BCUT2D eigenvalue weighted by atomic mass is 9.99. The topological polar surface area (TPSA) is 51.7 Å². The maximum Gasteiger partial charge on any atom is 0.308 e. The summed E-state index contributed by atoms with van der Waals surface area (Å²) < 4.78 is 11.8. The largest absolute Gasteiger partial charge is 0.497 e. The van der Waals surface area contributed by atoms with Gasteiger partial charge in [0.15, 0.2) is 0 Å². The monoisotopic (exact) mass is 524 g/mol. The number of methoxy groups -OCH3 is 1. The Kier molecular flexibility index (Phi) is 8.86. The van der Waals surface area contributed by atoms with Gasteiger partial charge in [-0.3, -0.25) is 9.69 Å². The Balaban J connectivity index is 2.04. The van der Waals surface area contributed by atoms with Crippen LogP contribution < -0.4 is 4.74 Å². The number of benzene rings is 2. The number of rotatable bonds is 9. The van der Waals surface area contributed by atoms with E-state index in [1.807, 2.05) is 69.3 Å². The molecule has 0 aliphatic rings. The fourth-order valence-corrected chi connectivity index (χ4v) is 4.28. The highest BCUT2D eigenvalue weighted by atomic mass is 79.9. The molecule has 2 atom stereocenters. The number of aromatic nitrogens is 1. The maximum absolute atomic E-state index is 13.0. The number of pyridine rings is 1. The number of carbonyl (C=O) groups is 1. The number of hydrogen-bond acceptors (Lipinski definition) is 5. The van der Waals surface area contributed by atoms with Crippen LogP contribution in [-0.4, -0.2) is 28.6 Å². The highest BCUT2D eigenvalue weighted by Crippen LogP contribution is 2.35. The van der Waals surface area contributed by atoms with E-state index in [1.165, 1.54) is 0 Å². The van der Waals surface area contributed by atoms with Crippen molar-refractivity contribution >= 4 is 21.9 Å².